The third-order valence-corrected chi connectivity index (χ3v) is 6.03. The van der Waals surface area contributed by atoms with E-state index in [0.717, 1.165) is 5.56 Å². The molecular weight excluding hydrogens is 426 g/mol. The maximum absolute atomic E-state index is 12.7. The molecule has 1 aromatic heterocycles. The molecule has 0 spiro atoms. The minimum absolute atomic E-state index is 0.00167. The van der Waals surface area contributed by atoms with Crippen molar-refractivity contribution in [2.45, 2.75) is 17.2 Å². The van der Waals surface area contributed by atoms with Crippen LogP contribution in [-0.4, -0.2) is 25.9 Å². The second-order valence-electron chi connectivity index (χ2n) is 6.90. The van der Waals surface area contributed by atoms with Crippen molar-refractivity contribution < 1.29 is 17.9 Å². The van der Waals surface area contributed by atoms with E-state index in [9.17, 15) is 13.2 Å². The normalized spacial score (nSPS) is 16.7. The standard InChI is InChI=1S/C21H18ClN3O4S/c22-15-4-9-18(19(12-15)29-20-3-1-2-10-24-20)14-11-21(26)25(13-14)16-5-7-17(8-6-16)30(23,27)28/h1-10,12,14H,11,13H2,(H2,23,27,28)/t14-/m0/s1. The molecule has 1 aliphatic rings. The van der Waals surface area contributed by atoms with Gasteiger partial charge in [-0.25, -0.2) is 18.5 Å². The molecular formula is C21H18ClN3O4S. The van der Waals surface area contributed by atoms with Gasteiger partial charge in [-0.1, -0.05) is 23.7 Å². The van der Waals surface area contributed by atoms with Crippen molar-refractivity contribution in [2.24, 2.45) is 5.14 Å². The van der Waals surface area contributed by atoms with Crippen molar-refractivity contribution in [2.75, 3.05) is 11.4 Å². The molecule has 9 heteroatoms. The summed E-state index contributed by atoms with van der Waals surface area (Å²) in [6.45, 7) is 0.424. The van der Waals surface area contributed by atoms with E-state index in [2.05, 4.69) is 4.98 Å². The van der Waals surface area contributed by atoms with Gasteiger partial charge in [-0.05, 0) is 42.5 Å². The zero-order valence-corrected chi connectivity index (χ0v) is 17.3. The lowest BCUT2D eigenvalue weighted by atomic mass is 9.97. The Morgan fingerprint density at radius 1 is 1.10 bits per heavy atom. The van der Waals surface area contributed by atoms with Gasteiger partial charge in [-0.15, -0.1) is 0 Å². The zero-order valence-electron chi connectivity index (χ0n) is 15.7. The number of pyridine rings is 1. The molecule has 2 N–H and O–H groups in total. The number of nitrogens with zero attached hydrogens (tertiary/aromatic N) is 2. The Kier molecular flexibility index (Phi) is 5.46. The number of nitrogens with two attached hydrogens (primary N) is 1. The zero-order chi connectivity index (χ0) is 21.3. The van der Waals surface area contributed by atoms with Crippen LogP contribution in [0.4, 0.5) is 5.69 Å². The summed E-state index contributed by atoms with van der Waals surface area (Å²) in [5.74, 6) is 0.791. The highest BCUT2D eigenvalue weighted by atomic mass is 35.5. The lowest BCUT2D eigenvalue weighted by Crippen LogP contribution is -2.24. The number of hydrogen-bond acceptors (Lipinski definition) is 5. The smallest absolute Gasteiger partial charge is 0.238 e. The summed E-state index contributed by atoms with van der Waals surface area (Å²) < 4.78 is 28.8. The van der Waals surface area contributed by atoms with Crippen molar-refractivity contribution in [1.29, 1.82) is 0 Å². The number of sulfonamides is 1. The second kappa shape index (κ2) is 8.06. The predicted octanol–water partition coefficient (Wildman–Crippen LogP) is 3.70. The van der Waals surface area contributed by atoms with Crippen molar-refractivity contribution in [3.8, 4) is 11.6 Å². The highest BCUT2D eigenvalue weighted by molar-refractivity contribution is 7.89. The van der Waals surface area contributed by atoms with E-state index in [4.69, 9.17) is 21.5 Å². The number of ether oxygens (including phenoxy) is 1. The quantitative estimate of drug-likeness (QED) is 0.647. The molecule has 0 radical (unpaired) electrons. The van der Waals surface area contributed by atoms with Gasteiger partial charge in [0.25, 0.3) is 0 Å². The van der Waals surface area contributed by atoms with Gasteiger partial charge in [-0.2, -0.15) is 0 Å². The van der Waals surface area contributed by atoms with Gasteiger partial charge in [0, 0.05) is 47.4 Å². The first-order valence-electron chi connectivity index (χ1n) is 9.13. The molecule has 1 atom stereocenters. The molecule has 3 aromatic rings. The number of amides is 1. The first kappa shape index (κ1) is 20.3. The number of rotatable bonds is 5. The molecule has 0 aliphatic carbocycles. The molecule has 0 unspecified atom stereocenters. The van der Waals surface area contributed by atoms with Gasteiger partial charge < -0.3 is 9.64 Å². The van der Waals surface area contributed by atoms with Crippen LogP contribution < -0.4 is 14.8 Å². The summed E-state index contributed by atoms with van der Waals surface area (Å²) in [7, 11) is -3.79. The number of carbonyl (C=O) groups is 1. The number of aromatic nitrogens is 1. The van der Waals surface area contributed by atoms with Gasteiger partial charge in [0.1, 0.15) is 5.75 Å². The van der Waals surface area contributed by atoms with Crippen LogP contribution in [0.2, 0.25) is 5.02 Å². The highest BCUT2D eigenvalue weighted by Gasteiger charge is 2.33. The molecule has 7 nitrogen and oxygen atoms in total. The number of hydrogen-bond donors (Lipinski definition) is 1. The predicted molar refractivity (Wildman–Crippen MR) is 113 cm³/mol. The highest BCUT2D eigenvalue weighted by Crippen LogP contribution is 2.39. The average Bonchev–Trinajstić information content (AvgIpc) is 3.10. The number of anilines is 1. The van der Waals surface area contributed by atoms with E-state index in [0.29, 0.717) is 28.9 Å². The average molecular weight is 444 g/mol. The van der Waals surface area contributed by atoms with Crippen molar-refractivity contribution >= 4 is 33.2 Å². The first-order valence-corrected chi connectivity index (χ1v) is 11.1. The maximum Gasteiger partial charge on any atom is 0.238 e. The molecule has 1 aliphatic heterocycles. The number of primary sulfonamides is 1. The summed E-state index contributed by atoms with van der Waals surface area (Å²) in [6, 6.07) is 16.6. The van der Waals surface area contributed by atoms with Crippen LogP contribution in [-0.2, 0) is 14.8 Å². The van der Waals surface area contributed by atoms with Crippen LogP contribution in [0.5, 0.6) is 11.6 Å². The molecule has 0 bridgehead atoms. The number of halogens is 1. The van der Waals surface area contributed by atoms with Gasteiger partial charge in [0.05, 0.1) is 4.90 Å². The topological polar surface area (TPSA) is 103 Å². The van der Waals surface area contributed by atoms with Crippen molar-refractivity contribution in [3.63, 3.8) is 0 Å². The van der Waals surface area contributed by atoms with E-state index in [1.807, 2.05) is 12.1 Å². The molecule has 2 aromatic carbocycles. The molecule has 1 amide bonds. The molecule has 1 saturated heterocycles. The monoisotopic (exact) mass is 443 g/mol. The summed E-state index contributed by atoms with van der Waals surface area (Å²) in [5.41, 5.74) is 1.46. The third kappa shape index (κ3) is 4.30. The molecule has 4 rings (SSSR count). The fourth-order valence-electron chi connectivity index (χ4n) is 3.44. The van der Waals surface area contributed by atoms with E-state index in [-0.39, 0.29) is 23.1 Å². The van der Waals surface area contributed by atoms with Crippen molar-refractivity contribution in [3.05, 3.63) is 77.4 Å². The largest absolute Gasteiger partial charge is 0.439 e. The van der Waals surface area contributed by atoms with E-state index < -0.39 is 10.0 Å². The Bertz CT molecular complexity index is 1180. The minimum Gasteiger partial charge on any atom is -0.439 e. The molecule has 1 fully saturated rings. The number of benzene rings is 2. The first-order chi connectivity index (χ1) is 14.3. The van der Waals surface area contributed by atoms with Crippen LogP contribution in [0, 0.1) is 0 Å². The fourth-order valence-corrected chi connectivity index (χ4v) is 4.11. The lowest BCUT2D eigenvalue weighted by Gasteiger charge is -2.18. The fraction of sp³-hybridized carbons (Fsp3) is 0.143. The van der Waals surface area contributed by atoms with E-state index in [1.54, 1.807) is 47.5 Å². The van der Waals surface area contributed by atoms with Gasteiger partial charge in [0.2, 0.25) is 21.8 Å². The Morgan fingerprint density at radius 2 is 1.87 bits per heavy atom. The van der Waals surface area contributed by atoms with Gasteiger partial charge in [0.15, 0.2) is 0 Å². The molecule has 2 heterocycles. The summed E-state index contributed by atoms with van der Waals surface area (Å²) >= 11 is 6.16. The van der Waals surface area contributed by atoms with Crippen LogP contribution in [0.25, 0.3) is 0 Å². The van der Waals surface area contributed by atoms with Crippen LogP contribution in [0.1, 0.15) is 17.9 Å². The maximum atomic E-state index is 12.7. The third-order valence-electron chi connectivity index (χ3n) is 4.87. The summed E-state index contributed by atoms with van der Waals surface area (Å²) in [6.07, 6.45) is 1.92. The molecule has 0 saturated carbocycles. The summed E-state index contributed by atoms with van der Waals surface area (Å²) in [5, 5.41) is 5.66. The van der Waals surface area contributed by atoms with Crippen LogP contribution in [0.15, 0.2) is 71.8 Å². The number of carbonyl (C=O) groups excluding carboxylic acids is 1. The lowest BCUT2D eigenvalue weighted by molar-refractivity contribution is -0.117. The summed E-state index contributed by atoms with van der Waals surface area (Å²) in [4.78, 5) is 18.5. The van der Waals surface area contributed by atoms with E-state index in [1.165, 1.54) is 12.1 Å². The van der Waals surface area contributed by atoms with Crippen LogP contribution >= 0.6 is 11.6 Å². The van der Waals surface area contributed by atoms with Gasteiger partial charge in [-0.3, -0.25) is 4.79 Å². The van der Waals surface area contributed by atoms with Gasteiger partial charge >= 0.3 is 0 Å². The Morgan fingerprint density at radius 3 is 2.53 bits per heavy atom. The van der Waals surface area contributed by atoms with Crippen LogP contribution in [0.3, 0.4) is 0 Å². The Balaban J connectivity index is 1.60. The Labute approximate surface area is 179 Å². The van der Waals surface area contributed by atoms with Crippen molar-refractivity contribution in [1.82, 2.24) is 4.98 Å². The minimum atomic E-state index is -3.79. The molecule has 30 heavy (non-hydrogen) atoms. The Hall–Kier alpha value is -2.94. The SMILES string of the molecule is NS(=O)(=O)c1ccc(N2C[C@@H](c3ccc(Cl)cc3Oc3ccccn3)CC2=O)cc1. The van der Waals surface area contributed by atoms with E-state index >= 15 is 0 Å². The molecule has 154 valence electrons. The second-order valence-corrected chi connectivity index (χ2v) is 8.89.